The van der Waals surface area contributed by atoms with E-state index in [0.717, 1.165) is 16.9 Å². The lowest BCUT2D eigenvalue weighted by atomic mass is 10.3. The van der Waals surface area contributed by atoms with E-state index >= 15 is 0 Å². The zero-order valence-corrected chi connectivity index (χ0v) is 13.1. The molecule has 3 heterocycles. The van der Waals surface area contributed by atoms with Gasteiger partial charge in [0, 0.05) is 31.3 Å². The number of aromatic nitrogens is 6. The lowest BCUT2D eigenvalue weighted by Gasteiger charge is -2.09. The Bertz CT molecular complexity index is 989. The third kappa shape index (κ3) is 2.44. The molecule has 24 heavy (non-hydrogen) atoms. The van der Waals surface area contributed by atoms with Gasteiger partial charge in [-0.25, -0.2) is 24.3 Å². The molecule has 1 aromatic carbocycles. The average molecular weight is 322 g/mol. The highest BCUT2D eigenvalue weighted by molar-refractivity contribution is 5.76. The van der Waals surface area contributed by atoms with Crippen molar-refractivity contribution < 1.29 is 4.39 Å². The zero-order chi connectivity index (χ0) is 16.5. The number of fused-ring (bicyclic) bond motifs is 1. The fourth-order valence-electron chi connectivity index (χ4n) is 2.83. The molecule has 0 saturated carbocycles. The molecule has 0 amide bonds. The Hall–Kier alpha value is -3.09. The molecule has 120 valence electrons. The minimum Gasteiger partial charge on any atom is -0.327 e. The number of hydrogen-bond acceptors (Lipinski definition) is 4. The standard InChI is InChI=1S/C17H15FN6/c1-2-24-14-10-12(18)4-5-13(14)22-15(24)11-23-9-8-21-17(23)16-19-6-3-7-20-16/h3-10H,2,11H2,1H3. The molecule has 0 atom stereocenters. The largest absolute Gasteiger partial charge is 0.327 e. The van der Waals surface area contributed by atoms with Gasteiger partial charge < -0.3 is 9.13 Å². The molecule has 0 saturated heterocycles. The van der Waals surface area contributed by atoms with Gasteiger partial charge in [-0.05, 0) is 31.2 Å². The molecule has 6 nitrogen and oxygen atoms in total. The number of aryl methyl sites for hydroxylation is 1. The molecule has 0 aliphatic carbocycles. The van der Waals surface area contributed by atoms with Crippen molar-refractivity contribution >= 4 is 11.0 Å². The Morgan fingerprint density at radius 3 is 2.71 bits per heavy atom. The van der Waals surface area contributed by atoms with Gasteiger partial charge in [-0.3, -0.25) is 0 Å². The summed E-state index contributed by atoms with van der Waals surface area (Å²) in [6.07, 6.45) is 6.95. The smallest absolute Gasteiger partial charge is 0.195 e. The lowest BCUT2D eigenvalue weighted by molar-refractivity contribution is 0.626. The maximum Gasteiger partial charge on any atom is 0.195 e. The van der Waals surface area contributed by atoms with Crippen molar-refractivity contribution in [3.63, 3.8) is 0 Å². The summed E-state index contributed by atoms with van der Waals surface area (Å²) >= 11 is 0. The highest BCUT2D eigenvalue weighted by Crippen LogP contribution is 2.20. The van der Waals surface area contributed by atoms with Crippen molar-refractivity contribution in [2.24, 2.45) is 0 Å². The van der Waals surface area contributed by atoms with Crippen LogP contribution in [0, 0.1) is 5.82 Å². The van der Waals surface area contributed by atoms with E-state index in [2.05, 4.69) is 19.9 Å². The van der Waals surface area contributed by atoms with Gasteiger partial charge in [0.25, 0.3) is 0 Å². The van der Waals surface area contributed by atoms with Crippen LogP contribution in [0.15, 0.2) is 49.1 Å². The Morgan fingerprint density at radius 2 is 1.92 bits per heavy atom. The summed E-state index contributed by atoms with van der Waals surface area (Å²) in [5.41, 5.74) is 1.58. The summed E-state index contributed by atoms with van der Waals surface area (Å²) < 4.78 is 17.5. The first-order chi connectivity index (χ1) is 11.8. The highest BCUT2D eigenvalue weighted by atomic mass is 19.1. The van der Waals surface area contributed by atoms with Crippen LogP contribution in [0.1, 0.15) is 12.7 Å². The number of halogens is 1. The topological polar surface area (TPSA) is 61.4 Å². The molecule has 0 N–H and O–H groups in total. The van der Waals surface area contributed by atoms with Crippen LogP contribution in [0.2, 0.25) is 0 Å². The zero-order valence-electron chi connectivity index (χ0n) is 13.1. The summed E-state index contributed by atoms with van der Waals surface area (Å²) in [5.74, 6) is 1.82. The van der Waals surface area contributed by atoms with Crippen molar-refractivity contribution in [1.29, 1.82) is 0 Å². The van der Waals surface area contributed by atoms with Crippen LogP contribution >= 0.6 is 0 Å². The summed E-state index contributed by atoms with van der Waals surface area (Å²) in [5, 5.41) is 0. The first-order valence-electron chi connectivity index (χ1n) is 7.69. The highest BCUT2D eigenvalue weighted by Gasteiger charge is 2.14. The summed E-state index contributed by atoms with van der Waals surface area (Å²) in [6.45, 7) is 3.24. The van der Waals surface area contributed by atoms with E-state index in [1.165, 1.54) is 12.1 Å². The monoisotopic (exact) mass is 322 g/mol. The van der Waals surface area contributed by atoms with Gasteiger partial charge in [0.15, 0.2) is 11.6 Å². The molecule has 4 aromatic rings. The van der Waals surface area contributed by atoms with Gasteiger partial charge in [0.2, 0.25) is 0 Å². The second-order valence-corrected chi connectivity index (χ2v) is 5.36. The maximum absolute atomic E-state index is 13.6. The fraction of sp³-hybridized carbons (Fsp3) is 0.176. The number of rotatable bonds is 4. The molecule has 0 bridgehead atoms. The number of nitrogens with zero attached hydrogens (tertiary/aromatic N) is 6. The molecular formula is C17H15FN6. The molecule has 0 radical (unpaired) electrons. The van der Waals surface area contributed by atoms with E-state index in [0.29, 0.717) is 24.7 Å². The second-order valence-electron chi connectivity index (χ2n) is 5.36. The minimum atomic E-state index is -0.260. The first kappa shape index (κ1) is 14.5. The van der Waals surface area contributed by atoms with E-state index in [1.807, 2.05) is 22.3 Å². The van der Waals surface area contributed by atoms with Crippen LogP contribution in [-0.4, -0.2) is 29.1 Å². The van der Waals surface area contributed by atoms with Crippen molar-refractivity contribution in [2.45, 2.75) is 20.0 Å². The number of benzene rings is 1. The van der Waals surface area contributed by atoms with Gasteiger partial charge >= 0.3 is 0 Å². The maximum atomic E-state index is 13.6. The predicted octanol–water partition coefficient (Wildman–Crippen LogP) is 2.90. The van der Waals surface area contributed by atoms with Gasteiger partial charge in [-0.2, -0.15) is 0 Å². The minimum absolute atomic E-state index is 0.260. The molecule has 0 spiro atoms. The Balaban J connectivity index is 1.77. The normalized spacial score (nSPS) is 11.2. The van der Waals surface area contributed by atoms with Crippen LogP contribution in [0.4, 0.5) is 4.39 Å². The third-order valence-electron chi connectivity index (χ3n) is 3.90. The third-order valence-corrected chi connectivity index (χ3v) is 3.90. The lowest BCUT2D eigenvalue weighted by Crippen LogP contribution is -2.09. The summed E-state index contributed by atoms with van der Waals surface area (Å²) in [7, 11) is 0. The van der Waals surface area contributed by atoms with Crippen LogP contribution < -0.4 is 0 Å². The van der Waals surface area contributed by atoms with E-state index in [9.17, 15) is 4.39 Å². The molecule has 0 aliphatic heterocycles. The SMILES string of the molecule is CCn1c(Cn2ccnc2-c2ncccn2)nc2ccc(F)cc21. The van der Waals surface area contributed by atoms with Crippen LogP contribution in [0.5, 0.6) is 0 Å². The van der Waals surface area contributed by atoms with Gasteiger partial charge in [0.1, 0.15) is 11.6 Å². The van der Waals surface area contributed by atoms with Crippen LogP contribution in [0.3, 0.4) is 0 Å². The molecule has 0 fully saturated rings. The molecule has 7 heteroatoms. The van der Waals surface area contributed by atoms with Gasteiger partial charge in [-0.1, -0.05) is 0 Å². The van der Waals surface area contributed by atoms with Crippen molar-refractivity contribution in [2.75, 3.05) is 0 Å². The first-order valence-corrected chi connectivity index (χ1v) is 7.69. The van der Waals surface area contributed by atoms with Crippen molar-refractivity contribution in [3.8, 4) is 11.6 Å². The average Bonchev–Trinajstić information content (AvgIpc) is 3.19. The molecule has 0 unspecified atom stereocenters. The van der Waals surface area contributed by atoms with Gasteiger partial charge in [-0.15, -0.1) is 0 Å². The number of imidazole rings is 2. The Kier molecular flexibility index (Phi) is 3.53. The van der Waals surface area contributed by atoms with Crippen molar-refractivity contribution in [3.05, 3.63) is 60.7 Å². The molecule has 0 aliphatic rings. The van der Waals surface area contributed by atoms with Crippen LogP contribution in [-0.2, 0) is 13.1 Å². The van der Waals surface area contributed by atoms with E-state index in [4.69, 9.17) is 0 Å². The molecular weight excluding hydrogens is 307 g/mol. The second kappa shape index (κ2) is 5.84. The van der Waals surface area contributed by atoms with Crippen molar-refractivity contribution in [1.82, 2.24) is 29.1 Å². The molecule has 4 rings (SSSR count). The van der Waals surface area contributed by atoms with E-state index in [1.54, 1.807) is 30.7 Å². The van der Waals surface area contributed by atoms with Crippen LogP contribution in [0.25, 0.3) is 22.7 Å². The summed E-state index contributed by atoms with van der Waals surface area (Å²) in [6, 6.07) is 6.42. The molecule has 3 aromatic heterocycles. The Morgan fingerprint density at radius 1 is 1.08 bits per heavy atom. The summed E-state index contributed by atoms with van der Waals surface area (Å²) in [4.78, 5) is 17.5. The van der Waals surface area contributed by atoms with E-state index < -0.39 is 0 Å². The Labute approximate surface area is 137 Å². The van der Waals surface area contributed by atoms with Gasteiger partial charge in [0.05, 0.1) is 17.6 Å². The number of hydrogen-bond donors (Lipinski definition) is 0. The predicted molar refractivity (Wildman–Crippen MR) is 87.7 cm³/mol. The van der Waals surface area contributed by atoms with E-state index in [-0.39, 0.29) is 5.82 Å². The fourth-order valence-corrected chi connectivity index (χ4v) is 2.83. The quantitative estimate of drug-likeness (QED) is 0.579.